The number of carboxylic acids is 1. The number of likely N-dealkylation sites (tertiary alicyclic amines) is 1. The molecule has 2 aromatic rings. The Hall–Kier alpha value is -2.86. The van der Waals surface area contributed by atoms with Crippen LogP contribution in [0.15, 0.2) is 48.5 Å². The quantitative estimate of drug-likeness (QED) is 0.831. The topological polar surface area (TPSA) is 76.1 Å². The van der Waals surface area contributed by atoms with Crippen molar-refractivity contribution in [2.75, 3.05) is 26.9 Å². The minimum Gasteiger partial charge on any atom is -0.479 e. The van der Waals surface area contributed by atoms with E-state index in [0.717, 1.165) is 35.1 Å². The molecule has 29 heavy (non-hydrogen) atoms. The van der Waals surface area contributed by atoms with Crippen molar-refractivity contribution in [2.24, 2.45) is 0 Å². The van der Waals surface area contributed by atoms with Gasteiger partial charge in [0.15, 0.2) is 5.54 Å². The van der Waals surface area contributed by atoms with Gasteiger partial charge in [0.05, 0.1) is 6.61 Å². The molecule has 1 fully saturated rings. The van der Waals surface area contributed by atoms with Gasteiger partial charge in [-0.1, -0.05) is 48.5 Å². The summed E-state index contributed by atoms with van der Waals surface area (Å²) in [6.07, 6.45) is 1.26. The molecule has 4 rings (SSSR count). The number of benzene rings is 2. The molecule has 1 saturated heterocycles. The first-order valence-corrected chi connectivity index (χ1v) is 9.93. The van der Waals surface area contributed by atoms with Crippen molar-refractivity contribution in [3.8, 4) is 11.1 Å². The van der Waals surface area contributed by atoms with Gasteiger partial charge in [-0.05, 0) is 41.5 Å². The number of methoxy groups -OCH3 is 1. The van der Waals surface area contributed by atoms with Gasteiger partial charge in [0.1, 0.15) is 6.61 Å². The predicted molar refractivity (Wildman–Crippen MR) is 108 cm³/mol. The average Bonchev–Trinajstić information content (AvgIpc) is 3.06. The fourth-order valence-corrected chi connectivity index (χ4v) is 4.65. The van der Waals surface area contributed by atoms with Gasteiger partial charge in [-0.25, -0.2) is 9.59 Å². The lowest BCUT2D eigenvalue weighted by Crippen LogP contribution is -2.62. The molecule has 152 valence electrons. The normalized spacial score (nSPS) is 20.8. The van der Waals surface area contributed by atoms with E-state index in [-0.39, 0.29) is 19.1 Å². The second-order valence-electron chi connectivity index (χ2n) is 7.68. The van der Waals surface area contributed by atoms with Gasteiger partial charge < -0.3 is 14.6 Å². The largest absolute Gasteiger partial charge is 0.479 e. The third-order valence-electron chi connectivity index (χ3n) is 6.08. The summed E-state index contributed by atoms with van der Waals surface area (Å²) in [5, 5.41) is 9.85. The number of aliphatic carboxylic acids is 1. The Morgan fingerprint density at radius 1 is 1.07 bits per heavy atom. The van der Waals surface area contributed by atoms with Crippen LogP contribution in [-0.2, 0) is 14.3 Å². The van der Waals surface area contributed by atoms with E-state index in [1.165, 1.54) is 12.0 Å². The molecule has 6 heteroatoms. The Balaban J connectivity index is 1.56. The van der Waals surface area contributed by atoms with E-state index in [4.69, 9.17) is 9.47 Å². The van der Waals surface area contributed by atoms with E-state index in [9.17, 15) is 14.7 Å². The van der Waals surface area contributed by atoms with Crippen molar-refractivity contribution in [1.82, 2.24) is 4.90 Å². The van der Waals surface area contributed by atoms with Crippen molar-refractivity contribution < 1.29 is 24.2 Å². The molecular weight excluding hydrogens is 370 g/mol. The molecule has 0 bridgehead atoms. The number of fused-ring (bicyclic) bond motifs is 3. The number of hydrogen-bond acceptors (Lipinski definition) is 4. The Morgan fingerprint density at radius 3 is 2.28 bits per heavy atom. The minimum absolute atomic E-state index is 0.0491. The van der Waals surface area contributed by atoms with E-state index in [0.29, 0.717) is 13.0 Å². The molecule has 0 spiro atoms. The fourth-order valence-electron chi connectivity index (χ4n) is 4.65. The van der Waals surface area contributed by atoms with Crippen molar-refractivity contribution >= 4 is 12.1 Å². The molecule has 1 atom stereocenters. The van der Waals surface area contributed by atoms with E-state index in [1.807, 2.05) is 24.3 Å². The highest BCUT2D eigenvalue weighted by molar-refractivity contribution is 5.85. The molecule has 1 aliphatic carbocycles. The summed E-state index contributed by atoms with van der Waals surface area (Å²) < 4.78 is 10.9. The summed E-state index contributed by atoms with van der Waals surface area (Å²) in [5.74, 6) is -1.11. The van der Waals surface area contributed by atoms with E-state index in [2.05, 4.69) is 24.3 Å². The van der Waals surface area contributed by atoms with Gasteiger partial charge in [0, 0.05) is 19.6 Å². The van der Waals surface area contributed by atoms with Crippen LogP contribution in [0.4, 0.5) is 4.79 Å². The van der Waals surface area contributed by atoms with Crippen LogP contribution in [0.5, 0.6) is 0 Å². The number of nitrogens with zero attached hydrogens (tertiary/aromatic N) is 1. The highest BCUT2D eigenvalue weighted by Gasteiger charge is 2.49. The minimum atomic E-state index is -1.37. The highest BCUT2D eigenvalue weighted by Crippen LogP contribution is 2.44. The van der Waals surface area contributed by atoms with Gasteiger partial charge in [0.2, 0.25) is 0 Å². The highest BCUT2D eigenvalue weighted by atomic mass is 16.6. The summed E-state index contributed by atoms with van der Waals surface area (Å²) in [6, 6.07) is 16.2. The van der Waals surface area contributed by atoms with Crippen molar-refractivity contribution in [3.05, 3.63) is 59.7 Å². The van der Waals surface area contributed by atoms with Crippen LogP contribution in [0, 0.1) is 0 Å². The molecular formula is C23H25NO5. The predicted octanol–water partition coefficient (Wildman–Crippen LogP) is 3.89. The summed E-state index contributed by atoms with van der Waals surface area (Å²) in [5.41, 5.74) is 3.20. The second kappa shape index (κ2) is 7.87. The zero-order valence-electron chi connectivity index (χ0n) is 16.5. The molecule has 1 heterocycles. The first-order valence-electron chi connectivity index (χ1n) is 9.93. The maximum Gasteiger partial charge on any atom is 0.410 e. The lowest BCUT2D eigenvalue weighted by Gasteiger charge is -2.42. The summed E-state index contributed by atoms with van der Waals surface area (Å²) in [7, 11) is 1.45. The third-order valence-corrected chi connectivity index (χ3v) is 6.08. The molecule has 1 amide bonds. The van der Waals surface area contributed by atoms with Crippen LogP contribution in [-0.4, -0.2) is 54.5 Å². The molecule has 1 aliphatic heterocycles. The monoisotopic (exact) mass is 395 g/mol. The van der Waals surface area contributed by atoms with Crippen molar-refractivity contribution in [1.29, 1.82) is 0 Å². The zero-order valence-corrected chi connectivity index (χ0v) is 16.5. The number of carboxylic acid groups (broad SMARTS) is 1. The lowest BCUT2D eigenvalue weighted by molar-refractivity contribution is -0.157. The van der Waals surface area contributed by atoms with E-state index >= 15 is 0 Å². The Kier molecular flexibility index (Phi) is 5.28. The van der Waals surface area contributed by atoms with Crippen molar-refractivity contribution in [3.63, 3.8) is 0 Å². The summed E-state index contributed by atoms with van der Waals surface area (Å²) >= 11 is 0. The zero-order chi connectivity index (χ0) is 20.4. The van der Waals surface area contributed by atoms with Gasteiger partial charge in [0.25, 0.3) is 0 Å². The molecule has 6 nitrogen and oxygen atoms in total. The third kappa shape index (κ3) is 3.27. The van der Waals surface area contributed by atoms with Gasteiger partial charge in [-0.2, -0.15) is 0 Å². The number of rotatable bonds is 5. The molecule has 2 aromatic carbocycles. The van der Waals surface area contributed by atoms with Crippen LogP contribution < -0.4 is 0 Å². The second-order valence-corrected chi connectivity index (χ2v) is 7.68. The molecule has 0 aromatic heterocycles. The number of carbonyl (C=O) groups excluding carboxylic acids is 1. The number of piperidine rings is 1. The summed E-state index contributed by atoms with van der Waals surface area (Å²) in [6.45, 7) is 0.477. The fraction of sp³-hybridized carbons (Fsp3) is 0.391. The van der Waals surface area contributed by atoms with E-state index in [1.54, 1.807) is 0 Å². The first kappa shape index (κ1) is 19.5. The van der Waals surface area contributed by atoms with Gasteiger partial charge in [-0.15, -0.1) is 0 Å². The molecule has 0 radical (unpaired) electrons. The number of amides is 1. The van der Waals surface area contributed by atoms with Crippen LogP contribution in [0.3, 0.4) is 0 Å². The average molecular weight is 395 g/mol. The smallest absolute Gasteiger partial charge is 0.410 e. The lowest BCUT2D eigenvalue weighted by atomic mass is 9.87. The Bertz CT molecular complexity index is 877. The maximum absolute atomic E-state index is 13.0. The van der Waals surface area contributed by atoms with Crippen LogP contribution in [0.2, 0.25) is 0 Å². The number of carbonyl (C=O) groups is 2. The standard InChI is InChI=1S/C23H25NO5/c1-28-15-23(21(25)26)12-6-7-13-24(23)22(27)29-14-20-18-10-4-2-8-16(18)17-9-3-5-11-19(17)20/h2-5,8-11,20H,6-7,12-15H2,1H3,(H,25,26). The van der Waals surface area contributed by atoms with Crippen molar-refractivity contribution in [2.45, 2.75) is 30.7 Å². The van der Waals surface area contributed by atoms with Crippen LogP contribution in [0.1, 0.15) is 36.3 Å². The maximum atomic E-state index is 13.0. The number of ether oxygens (including phenoxy) is 2. The number of hydrogen-bond donors (Lipinski definition) is 1. The molecule has 1 N–H and O–H groups in total. The van der Waals surface area contributed by atoms with Crippen LogP contribution >= 0.6 is 0 Å². The molecule has 0 saturated carbocycles. The van der Waals surface area contributed by atoms with E-state index < -0.39 is 17.6 Å². The Labute approximate surface area is 170 Å². The summed E-state index contributed by atoms with van der Waals surface area (Å²) in [4.78, 5) is 26.3. The molecule has 2 aliphatic rings. The van der Waals surface area contributed by atoms with Gasteiger partial charge >= 0.3 is 12.1 Å². The Morgan fingerprint density at radius 2 is 1.69 bits per heavy atom. The van der Waals surface area contributed by atoms with Gasteiger partial charge in [-0.3, -0.25) is 4.90 Å². The first-order chi connectivity index (χ1) is 14.1. The SMILES string of the molecule is COCC1(C(=O)O)CCCCN1C(=O)OCC1c2ccccc2-c2ccccc21. The van der Waals surface area contributed by atoms with Crippen LogP contribution in [0.25, 0.3) is 11.1 Å². The molecule has 1 unspecified atom stereocenters.